The van der Waals surface area contributed by atoms with Crippen molar-refractivity contribution < 1.29 is 22.6 Å². The van der Waals surface area contributed by atoms with Crippen molar-refractivity contribution in [1.82, 2.24) is 4.72 Å². The Balaban J connectivity index is 2.56. The number of sulfonamides is 1. The van der Waals surface area contributed by atoms with Gasteiger partial charge in [-0.3, -0.25) is 0 Å². The summed E-state index contributed by atoms with van der Waals surface area (Å²) in [6.07, 6.45) is 0.624. The average Bonchev–Trinajstić information content (AvgIpc) is 2.49. The second-order valence-corrected chi connectivity index (χ2v) is 7.00. The molecule has 0 heterocycles. The molecule has 0 saturated carbocycles. The molecular weight excluding hydrogens is 306 g/mol. The van der Waals surface area contributed by atoms with Crippen LogP contribution in [-0.4, -0.2) is 42.4 Å². The van der Waals surface area contributed by atoms with E-state index in [1.54, 1.807) is 6.07 Å². The van der Waals surface area contributed by atoms with E-state index in [1.807, 2.05) is 0 Å². The Bertz CT molecular complexity index is 557. The minimum atomic E-state index is -3.56. The van der Waals surface area contributed by atoms with Crippen molar-refractivity contribution in [2.45, 2.75) is 25.2 Å². The number of ether oxygens (including phenoxy) is 3. The van der Waals surface area contributed by atoms with Crippen molar-refractivity contribution in [2.24, 2.45) is 5.92 Å². The third-order valence-corrected chi connectivity index (χ3v) is 4.33. The molecule has 0 saturated heterocycles. The standard InChI is InChI=1S/C15H25NO5S/c1-12(2)11-21-9-5-8-16-22(17,18)13-6-7-14(19-3)15(10-13)20-4/h6-7,10,12,16H,5,8-9,11H2,1-4H3. The van der Waals surface area contributed by atoms with Gasteiger partial charge in [0.15, 0.2) is 11.5 Å². The molecule has 0 aliphatic rings. The van der Waals surface area contributed by atoms with Crippen LogP contribution in [0.4, 0.5) is 0 Å². The van der Waals surface area contributed by atoms with Crippen molar-refractivity contribution in [3.8, 4) is 11.5 Å². The van der Waals surface area contributed by atoms with Gasteiger partial charge in [-0.25, -0.2) is 13.1 Å². The second-order valence-electron chi connectivity index (χ2n) is 5.24. The summed E-state index contributed by atoms with van der Waals surface area (Å²) in [7, 11) is -0.595. The molecule has 0 fully saturated rings. The summed E-state index contributed by atoms with van der Waals surface area (Å²) in [6, 6.07) is 4.49. The molecule has 0 atom stereocenters. The van der Waals surface area contributed by atoms with Gasteiger partial charge in [0.25, 0.3) is 0 Å². The SMILES string of the molecule is COc1ccc(S(=O)(=O)NCCCOCC(C)C)cc1OC. The molecule has 0 aliphatic heterocycles. The Morgan fingerprint density at radius 3 is 2.41 bits per heavy atom. The van der Waals surface area contributed by atoms with E-state index in [9.17, 15) is 8.42 Å². The highest BCUT2D eigenvalue weighted by Gasteiger charge is 2.16. The lowest BCUT2D eigenvalue weighted by Crippen LogP contribution is -2.25. The van der Waals surface area contributed by atoms with Gasteiger partial charge in [0.2, 0.25) is 10.0 Å². The number of rotatable bonds is 10. The first-order valence-electron chi connectivity index (χ1n) is 7.20. The number of methoxy groups -OCH3 is 2. The highest BCUT2D eigenvalue weighted by atomic mass is 32.2. The zero-order valence-corrected chi connectivity index (χ0v) is 14.4. The predicted octanol–water partition coefficient (Wildman–Crippen LogP) is 2.04. The van der Waals surface area contributed by atoms with Gasteiger partial charge in [-0.05, 0) is 24.5 Å². The maximum absolute atomic E-state index is 12.2. The number of nitrogens with one attached hydrogen (secondary N) is 1. The molecule has 0 amide bonds. The molecule has 1 rings (SSSR count). The molecule has 0 aliphatic carbocycles. The fourth-order valence-corrected chi connectivity index (χ4v) is 2.86. The van der Waals surface area contributed by atoms with Crippen LogP contribution in [0.3, 0.4) is 0 Å². The molecule has 0 unspecified atom stereocenters. The van der Waals surface area contributed by atoms with E-state index in [0.29, 0.717) is 43.6 Å². The van der Waals surface area contributed by atoms with Crippen LogP contribution in [0.1, 0.15) is 20.3 Å². The van der Waals surface area contributed by atoms with Gasteiger partial charge >= 0.3 is 0 Å². The normalized spacial score (nSPS) is 11.7. The largest absolute Gasteiger partial charge is 0.493 e. The third kappa shape index (κ3) is 5.82. The summed E-state index contributed by atoms with van der Waals surface area (Å²) in [6.45, 7) is 5.68. The quantitative estimate of drug-likeness (QED) is 0.664. The van der Waals surface area contributed by atoms with Crippen molar-refractivity contribution in [1.29, 1.82) is 0 Å². The molecule has 1 aromatic rings. The highest BCUT2D eigenvalue weighted by molar-refractivity contribution is 7.89. The van der Waals surface area contributed by atoms with Crippen molar-refractivity contribution in [3.63, 3.8) is 0 Å². The van der Waals surface area contributed by atoms with Gasteiger partial charge in [-0.2, -0.15) is 0 Å². The third-order valence-electron chi connectivity index (χ3n) is 2.87. The van der Waals surface area contributed by atoms with Gasteiger partial charge in [0.05, 0.1) is 19.1 Å². The topological polar surface area (TPSA) is 73.9 Å². The summed E-state index contributed by atoms with van der Waals surface area (Å²) in [5, 5.41) is 0. The number of hydrogen-bond acceptors (Lipinski definition) is 5. The Labute approximate surface area is 132 Å². The van der Waals surface area contributed by atoms with Crippen LogP contribution >= 0.6 is 0 Å². The number of hydrogen-bond donors (Lipinski definition) is 1. The zero-order chi connectivity index (χ0) is 16.6. The van der Waals surface area contributed by atoms with Gasteiger partial charge < -0.3 is 14.2 Å². The number of benzene rings is 1. The lowest BCUT2D eigenvalue weighted by atomic mass is 10.2. The van der Waals surface area contributed by atoms with Crippen molar-refractivity contribution >= 4 is 10.0 Å². The van der Waals surface area contributed by atoms with Gasteiger partial charge in [0.1, 0.15) is 0 Å². The monoisotopic (exact) mass is 331 g/mol. The van der Waals surface area contributed by atoms with Gasteiger partial charge in [-0.1, -0.05) is 13.8 Å². The Morgan fingerprint density at radius 2 is 1.82 bits per heavy atom. The first-order chi connectivity index (χ1) is 10.4. The molecular formula is C15H25NO5S. The minimum absolute atomic E-state index is 0.147. The van der Waals surface area contributed by atoms with Gasteiger partial charge in [0, 0.05) is 25.8 Å². The molecule has 0 radical (unpaired) electrons. The molecule has 0 bridgehead atoms. The summed E-state index contributed by atoms with van der Waals surface area (Å²) in [4.78, 5) is 0.147. The van der Waals surface area contributed by atoms with Crippen LogP contribution in [0, 0.1) is 5.92 Å². The molecule has 0 aromatic heterocycles. The first-order valence-corrected chi connectivity index (χ1v) is 8.68. The maximum atomic E-state index is 12.2. The van der Waals surface area contributed by atoms with E-state index < -0.39 is 10.0 Å². The van der Waals surface area contributed by atoms with E-state index in [0.717, 1.165) is 0 Å². The zero-order valence-electron chi connectivity index (χ0n) is 13.6. The predicted molar refractivity (Wildman–Crippen MR) is 85.0 cm³/mol. The maximum Gasteiger partial charge on any atom is 0.240 e. The van der Waals surface area contributed by atoms with Gasteiger partial charge in [-0.15, -0.1) is 0 Å². The van der Waals surface area contributed by atoms with Crippen LogP contribution in [-0.2, 0) is 14.8 Å². The van der Waals surface area contributed by atoms with E-state index in [2.05, 4.69) is 18.6 Å². The molecule has 6 nitrogen and oxygen atoms in total. The Hall–Kier alpha value is -1.31. The van der Waals surface area contributed by atoms with Crippen LogP contribution < -0.4 is 14.2 Å². The molecule has 126 valence electrons. The van der Waals surface area contributed by atoms with Crippen LogP contribution in [0.15, 0.2) is 23.1 Å². The van der Waals surface area contributed by atoms with Crippen LogP contribution in [0.5, 0.6) is 11.5 Å². The fourth-order valence-electron chi connectivity index (χ4n) is 1.77. The molecule has 1 aromatic carbocycles. The summed E-state index contributed by atoms with van der Waals surface area (Å²) in [5.74, 6) is 1.35. The van der Waals surface area contributed by atoms with E-state index in [4.69, 9.17) is 14.2 Å². The molecule has 1 N–H and O–H groups in total. The summed E-state index contributed by atoms with van der Waals surface area (Å²) < 4.78 is 42.6. The van der Waals surface area contributed by atoms with Crippen molar-refractivity contribution in [2.75, 3.05) is 34.0 Å². The van der Waals surface area contributed by atoms with E-state index in [-0.39, 0.29) is 4.90 Å². The Morgan fingerprint density at radius 1 is 1.14 bits per heavy atom. The lowest BCUT2D eigenvalue weighted by molar-refractivity contribution is 0.108. The summed E-state index contributed by atoms with van der Waals surface area (Å²) in [5.41, 5.74) is 0. The fraction of sp³-hybridized carbons (Fsp3) is 0.600. The highest BCUT2D eigenvalue weighted by Crippen LogP contribution is 2.29. The molecule has 7 heteroatoms. The first kappa shape index (κ1) is 18.7. The average molecular weight is 331 g/mol. The summed E-state index contributed by atoms with van der Waals surface area (Å²) >= 11 is 0. The van der Waals surface area contributed by atoms with Crippen LogP contribution in [0.25, 0.3) is 0 Å². The minimum Gasteiger partial charge on any atom is -0.493 e. The van der Waals surface area contributed by atoms with Crippen LogP contribution in [0.2, 0.25) is 0 Å². The smallest absolute Gasteiger partial charge is 0.240 e. The second kappa shape index (κ2) is 8.97. The van der Waals surface area contributed by atoms with E-state index >= 15 is 0 Å². The Kier molecular flexibility index (Phi) is 7.64. The van der Waals surface area contributed by atoms with Crippen molar-refractivity contribution in [3.05, 3.63) is 18.2 Å². The molecule has 22 heavy (non-hydrogen) atoms. The molecule has 0 spiro atoms. The van der Waals surface area contributed by atoms with E-state index in [1.165, 1.54) is 26.4 Å². The lowest BCUT2D eigenvalue weighted by Gasteiger charge is -2.11.